The standard InChI is InChI=1S/C15H17NO2/c1-4-11-7-9-12(10-8-11)13-16-15(5-2,6-3)14(17)18-13/h4,7-10H,1,5-6H2,2-3H3. The molecule has 1 aromatic rings. The lowest BCUT2D eigenvalue weighted by Gasteiger charge is -2.16. The topological polar surface area (TPSA) is 38.7 Å². The third kappa shape index (κ3) is 1.96. The average Bonchev–Trinajstić information content (AvgIpc) is 2.76. The molecule has 0 fully saturated rings. The molecule has 1 aromatic carbocycles. The molecule has 18 heavy (non-hydrogen) atoms. The van der Waals surface area contributed by atoms with Crippen LogP contribution in [-0.4, -0.2) is 17.4 Å². The van der Waals surface area contributed by atoms with E-state index in [0.29, 0.717) is 18.7 Å². The summed E-state index contributed by atoms with van der Waals surface area (Å²) in [6.45, 7) is 7.62. The van der Waals surface area contributed by atoms with Crippen molar-refractivity contribution in [2.75, 3.05) is 0 Å². The summed E-state index contributed by atoms with van der Waals surface area (Å²) in [5.41, 5.74) is 1.17. The molecule has 0 unspecified atom stereocenters. The first-order valence-corrected chi connectivity index (χ1v) is 6.20. The third-order valence-corrected chi connectivity index (χ3v) is 3.45. The maximum absolute atomic E-state index is 11.9. The summed E-state index contributed by atoms with van der Waals surface area (Å²) >= 11 is 0. The van der Waals surface area contributed by atoms with Crippen LogP contribution < -0.4 is 0 Å². The summed E-state index contributed by atoms with van der Waals surface area (Å²) in [7, 11) is 0. The van der Waals surface area contributed by atoms with Crippen LogP contribution in [0.15, 0.2) is 35.8 Å². The molecule has 0 radical (unpaired) electrons. The molecule has 3 nitrogen and oxygen atoms in total. The Labute approximate surface area is 107 Å². The Bertz CT molecular complexity index is 496. The Morgan fingerprint density at radius 1 is 1.28 bits per heavy atom. The van der Waals surface area contributed by atoms with Crippen molar-refractivity contribution in [3.05, 3.63) is 42.0 Å². The molecule has 1 heterocycles. The number of ether oxygens (including phenoxy) is 1. The van der Waals surface area contributed by atoms with Gasteiger partial charge in [-0.25, -0.2) is 9.79 Å². The number of carbonyl (C=O) groups is 1. The molecule has 0 saturated heterocycles. The van der Waals surface area contributed by atoms with Gasteiger partial charge in [0.1, 0.15) is 0 Å². The van der Waals surface area contributed by atoms with E-state index in [2.05, 4.69) is 11.6 Å². The van der Waals surface area contributed by atoms with Gasteiger partial charge in [0.15, 0.2) is 5.54 Å². The number of rotatable bonds is 4. The van der Waals surface area contributed by atoms with Crippen molar-refractivity contribution < 1.29 is 9.53 Å². The van der Waals surface area contributed by atoms with Gasteiger partial charge < -0.3 is 4.74 Å². The van der Waals surface area contributed by atoms with Crippen LogP contribution in [0.3, 0.4) is 0 Å². The van der Waals surface area contributed by atoms with Crippen LogP contribution in [0.1, 0.15) is 37.8 Å². The van der Waals surface area contributed by atoms with Crippen LogP contribution in [0.25, 0.3) is 6.08 Å². The Kier molecular flexibility index (Phi) is 3.32. The van der Waals surface area contributed by atoms with Gasteiger partial charge in [-0.05, 0) is 30.5 Å². The van der Waals surface area contributed by atoms with E-state index in [0.717, 1.165) is 11.1 Å². The quantitative estimate of drug-likeness (QED) is 0.762. The molecule has 94 valence electrons. The summed E-state index contributed by atoms with van der Waals surface area (Å²) in [4.78, 5) is 16.4. The van der Waals surface area contributed by atoms with Crippen molar-refractivity contribution in [2.24, 2.45) is 4.99 Å². The molecule has 0 spiro atoms. The van der Waals surface area contributed by atoms with Crippen LogP contribution in [-0.2, 0) is 9.53 Å². The second kappa shape index (κ2) is 4.77. The number of benzene rings is 1. The second-order valence-electron chi connectivity index (χ2n) is 4.37. The molecule has 0 saturated carbocycles. The zero-order valence-corrected chi connectivity index (χ0v) is 10.8. The zero-order chi connectivity index (χ0) is 13.2. The summed E-state index contributed by atoms with van der Waals surface area (Å²) < 4.78 is 5.30. The first-order chi connectivity index (χ1) is 8.65. The summed E-state index contributed by atoms with van der Waals surface area (Å²) in [6.07, 6.45) is 3.10. The number of aliphatic imine (C=N–C) groups is 1. The van der Waals surface area contributed by atoms with E-state index in [-0.39, 0.29) is 5.97 Å². The van der Waals surface area contributed by atoms with Gasteiger partial charge >= 0.3 is 5.97 Å². The zero-order valence-electron chi connectivity index (χ0n) is 10.8. The molecule has 1 aliphatic heterocycles. The largest absolute Gasteiger partial charge is 0.405 e. The molecular weight excluding hydrogens is 226 g/mol. The lowest BCUT2D eigenvalue weighted by atomic mass is 9.95. The fraction of sp³-hybridized carbons (Fsp3) is 0.333. The SMILES string of the molecule is C=Cc1ccc(C2=NC(CC)(CC)C(=O)O2)cc1. The Morgan fingerprint density at radius 2 is 1.89 bits per heavy atom. The van der Waals surface area contributed by atoms with Gasteiger partial charge in [0.2, 0.25) is 5.90 Å². The third-order valence-electron chi connectivity index (χ3n) is 3.45. The van der Waals surface area contributed by atoms with Crippen molar-refractivity contribution in [3.8, 4) is 0 Å². The highest BCUT2D eigenvalue weighted by molar-refractivity contribution is 6.07. The molecule has 0 aromatic heterocycles. The van der Waals surface area contributed by atoms with Crippen LogP contribution in [0.2, 0.25) is 0 Å². The lowest BCUT2D eigenvalue weighted by Crippen LogP contribution is -2.31. The number of carbonyl (C=O) groups excluding carboxylic acids is 1. The lowest BCUT2D eigenvalue weighted by molar-refractivity contribution is -0.139. The van der Waals surface area contributed by atoms with E-state index >= 15 is 0 Å². The van der Waals surface area contributed by atoms with E-state index in [1.54, 1.807) is 6.08 Å². The summed E-state index contributed by atoms with van der Waals surface area (Å²) in [5, 5.41) is 0. The maximum Gasteiger partial charge on any atom is 0.340 e. The molecule has 0 bridgehead atoms. The van der Waals surface area contributed by atoms with Crippen molar-refractivity contribution >= 4 is 17.9 Å². The average molecular weight is 243 g/mol. The smallest absolute Gasteiger partial charge is 0.340 e. The Morgan fingerprint density at radius 3 is 2.33 bits per heavy atom. The number of hydrogen-bond donors (Lipinski definition) is 0. The van der Waals surface area contributed by atoms with Gasteiger partial charge in [0.05, 0.1) is 0 Å². The molecule has 2 rings (SSSR count). The Hall–Kier alpha value is -1.90. The van der Waals surface area contributed by atoms with Crippen molar-refractivity contribution in [1.29, 1.82) is 0 Å². The highest BCUT2D eigenvalue weighted by Gasteiger charge is 2.43. The van der Waals surface area contributed by atoms with Crippen molar-refractivity contribution in [2.45, 2.75) is 32.2 Å². The molecule has 0 atom stereocenters. The summed E-state index contributed by atoms with van der Waals surface area (Å²) in [6, 6.07) is 7.64. The number of hydrogen-bond acceptors (Lipinski definition) is 3. The minimum absolute atomic E-state index is 0.240. The van der Waals surface area contributed by atoms with Gasteiger partial charge in [0.25, 0.3) is 0 Å². The molecule has 0 aliphatic carbocycles. The minimum Gasteiger partial charge on any atom is -0.405 e. The van der Waals surface area contributed by atoms with E-state index in [9.17, 15) is 4.79 Å². The van der Waals surface area contributed by atoms with Crippen LogP contribution in [0.5, 0.6) is 0 Å². The van der Waals surface area contributed by atoms with Gasteiger partial charge in [0, 0.05) is 5.56 Å². The normalized spacial score (nSPS) is 17.2. The fourth-order valence-electron chi connectivity index (χ4n) is 2.03. The Balaban J connectivity index is 2.34. The maximum atomic E-state index is 11.9. The highest BCUT2D eigenvalue weighted by atomic mass is 16.6. The number of esters is 1. The first kappa shape index (κ1) is 12.6. The monoisotopic (exact) mass is 243 g/mol. The van der Waals surface area contributed by atoms with E-state index in [1.165, 1.54) is 0 Å². The van der Waals surface area contributed by atoms with Crippen molar-refractivity contribution in [3.63, 3.8) is 0 Å². The highest BCUT2D eigenvalue weighted by Crippen LogP contribution is 2.29. The predicted molar refractivity (Wildman–Crippen MR) is 72.5 cm³/mol. The molecule has 0 N–H and O–H groups in total. The van der Waals surface area contributed by atoms with Gasteiger partial charge in [-0.1, -0.05) is 38.6 Å². The van der Waals surface area contributed by atoms with Crippen molar-refractivity contribution in [1.82, 2.24) is 0 Å². The van der Waals surface area contributed by atoms with Crippen LogP contribution in [0.4, 0.5) is 0 Å². The molecule has 1 aliphatic rings. The fourth-order valence-corrected chi connectivity index (χ4v) is 2.03. The van der Waals surface area contributed by atoms with Gasteiger partial charge in [-0.3, -0.25) is 0 Å². The number of cyclic esters (lactones) is 1. The molecular formula is C15H17NO2. The minimum atomic E-state index is -0.688. The predicted octanol–water partition coefficient (Wildman–Crippen LogP) is 3.19. The first-order valence-electron chi connectivity index (χ1n) is 6.20. The van der Waals surface area contributed by atoms with Crippen LogP contribution >= 0.6 is 0 Å². The van der Waals surface area contributed by atoms with E-state index < -0.39 is 5.54 Å². The number of nitrogens with zero attached hydrogens (tertiary/aromatic N) is 1. The van der Waals surface area contributed by atoms with Gasteiger partial charge in [-0.2, -0.15) is 0 Å². The van der Waals surface area contributed by atoms with Gasteiger partial charge in [-0.15, -0.1) is 0 Å². The molecule has 0 amide bonds. The van der Waals surface area contributed by atoms with Crippen LogP contribution in [0, 0.1) is 0 Å². The van der Waals surface area contributed by atoms with E-state index in [1.807, 2.05) is 38.1 Å². The van der Waals surface area contributed by atoms with E-state index in [4.69, 9.17) is 4.74 Å². The molecule has 3 heteroatoms. The summed E-state index contributed by atoms with van der Waals surface area (Å²) in [5.74, 6) is 0.189. The second-order valence-corrected chi connectivity index (χ2v) is 4.37.